The van der Waals surface area contributed by atoms with Gasteiger partial charge in [0.1, 0.15) is 0 Å². The summed E-state index contributed by atoms with van der Waals surface area (Å²) >= 11 is 0. The number of carbonyl (C=O) groups is 6. The maximum atomic E-state index is 11.9. The van der Waals surface area contributed by atoms with Crippen molar-refractivity contribution in [2.24, 2.45) is 0 Å². The summed E-state index contributed by atoms with van der Waals surface area (Å²) in [5, 5.41) is 0. The zero-order chi connectivity index (χ0) is 29.5. The zero-order valence-corrected chi connectivity index (χ0v) is 20.2. The fraction of sp³-hybridized carbons (Fsp3) is 0.125. The van der Waals surface area contributed by atoms with Gasteiger partial charge in [-0.15, -0.1) is 0 Å². The van der Waals surface area contributed by atoms with E-state index in [9.17, 15) is 28.8 Å². The lowest BCUT2D eigenvalue weighted by Crippen LogP contribution is -2.26. The molecule has 0 spiro atoms. The van der Waals surface area contributed by atoms with Gasteiger partial charge in [0.2, 0.25) is 17.5 Å². The average molecular weight is 543 g/mol. The molecule has 0 saturated heterocycles. The molecule has 1 rings (SSSR count). The highest BCUT2D eigenvalue weighted by atomic mass is 16.7. The summed E-state index contributed by atoms with van der Waals surface area (Å²) in [6.45, 7) is 19.3. The minimum absolute atomic E-state index is 0.707. The maximum absolute atomic E-state index is 11.9. The van der Waals surface area contributed by atoms with Gasteiger partial charge >= 0.3 is 54.7 Å². The molecule has 0 amide bonds. The maximum Gasteiger partial charge on any atom is 0.333 e. The van der Waals surface area contributed by atoms with Crippen molar-refractivity contribution in [3.8, 4) is 0 Å². The first-order chi connectivity index (χ1) is 18.5. The van der Waals surface area contributed by atoms with Gasteiger partial charge in [-0.25, -0.2) is 43.7 Å². The molecule has 39 heavy (non-hydrogen) atoms. The van der Waals surface area contributed by atoms with Gasteiger partial charge in [0.15, 0.2) is 0 Å². The SMILES string of the molecule is C=CC(=O)OC(OC(=O)C=C)c1nc(C(OC(=O)C=C)OC(=O)C=C)nc(C(OC(=O)C=C)OC(=O)C=C)n1. The molecule has 0 bridgehead atoms. The van der Waals surface area contributed by atoms with E-state index in [1.165, 1.54) is 0 Å². The fourth-order valence-electron chi connectivity index (χ4n) is 2.05. The number of aromatic nitrogens is 3. The largest absolute Gasteiger partial charge is 0.414 e. The Morgan fingerprint density at radius 3 is 0.692 bits per heavy atom. The number of nitrogens with zero attached hydrogens (tertiary/aromatic N) is 3. The van der Waals surface area contributed by atoms with Crippen molar-refractivity contribution in [1.82, 2.24) is 15.0 Å². The molecular formula is C24H21N3O12. The minimum atomic E-state index is -2.06. The van der Waals surface area contributed by atoms with Crippen LogP contribution in [0.15, 0.2) is 75.9 Å². The number of esters is 6. The molecule has 1 heterocycles. The van der Waals surface area contributed by atoms with Gasteiger partial charge in [0, 0.05) is 36.5 Å². The fourth-order valence-corrected chi connectivity index (χ4v) is 2.05. The molecule has 0 aliphatic heterocycles. The lowest BCUT2D eigenvalue weighted by Gasteiger charge is -2.21. The highest BCUT2D eigenvalue weighted by Crippen LogP contribution is 2.25. The molecule has 0 saturated carbocycles. The van der Waals surface area contributed by atoms with Gasteiger partial charge < -0.3 is 28.4 Å². The third-order valence-corrected chi connectivity index (χ3v) is 3.66. The lowest BCUT2D eigenvalue weighted by molar-refractivity contribution is -0.185. The van der Waals surface area contributed by atoms with E-state index in [0.717, 1.165) is 0 Å². The van der Waals surface area contributed by atoms with Crippen LogP contribution in [0.3, 0.4) is 0 Å². The Morgan fingerprint density at radius 1 is 0.410 bits per heavy atom. The molecule has 1 aromatic heterocycles. The van der Waals surface area contributed by atoms with Gasteiger partial charge in [-0.1, -0.05) is 39.5 Å². The van der Waals surface area contributed by atoms with Crippen LogP contribution in [0.5, 0.6) is 0 Å². The molecule has 0 aliphatic carbocycles. The van der Waals surface area contributed by atoms with E-state index in [-0.39, 0.29) is 0 Å². The van der Waals surface area contributed by atoms with Crippen LogP contribution < -0.4 is 0 Å². The summed E-state index contributed by atoms with van der Waals surface area (Å²) < 4.78 is 29.6. The molecular weight excluding hydrogens is 522 g/mol. The van der Waals surface area contributed by atoms with Crippen LogP contribution in [-0.4, -0.2) is 50.8 Å². The number of rotatable bonds is 15. The standard InChI is InChI=1S/C24H21N3O12/c1-7-13(28)34-22(35-14(29)8-2)19-25-20(23(36-15(30)9-3)37-16(31)10-4)27-21(26-19)24(38-17(32)11-5)39-18(33)12-6/h7-12,22-24H,1-6H2. The highest BCUT2D eigenvalue weighted by molar-refractivity contribution is 5.84. The molecule has 0 atom stereocenters. The molecule has 0 unspecified atom stereocenters. The Balaban J connectivity index is 3.94. The van der Waals surface area contributed by atoms with E-state index < -0.39 is 72.2 Å². The van der Waals surface area contributed by atoms with Gasteiger partial charge in [-0.2, -0.15) is 0 Å². The molecule has 204 valence electrons. The summed E-state index contributed by atoms with van der Waals surface area (Å²) in [6.07, 6.45) is -1.93. The lowest BCUT2D eigenvalue weighted by atomic mass is 10.4. The number of hydrogen-bond donors (Lipinski definition) is 0. The first-order valence-electron chi connectivity index (χ1n) is 10.3. The van der Waals surface area contributed by atoms with Crippen LogP contribution in [0.25, 0.3) is 0 Å². The summed E-state index contributed by atoms with van der Waals surface area (Å²) in [5.41, 5.74) is 0. The molecule has 0 N–H and O–H groups in total. The normalized spacial score (nSPS) is 9.92. The van der Waals surface area contributed by atoms with Gasteiger partial charge in [-0.3, -0.25) is 0 Å². The van der Waals surface area contributed by atoms with Gasteiger partial charge in [0.05, 0.1) is 0 Å². The Bertz CT molecular complexity index is 997. The van der Waals surface area contributed by atoms with Crippen LogP contribution in [-0.2, 0) is 57.2 Å². The van der Waals surface area contributed by atoms with E-state index in [1.807, 2.05) is 0 Å². The Morgan fingerprint density at radius 2 is 0.564 bits per heavy atom. The van der Waals surface area contributed by atoms with Crippen molar-refractivity contribution in [3.63, 3.8) is 0 Å². The average Bonchev–Trinajstić information content (AvgIpc) is 2.94. The van der Waals surface area contributed by atoms with Crippen molar-refractivity contribution >= 4 is 35.8 Å². The topological polar surface area (TPSA) is 196 Å². The zero-order valence-electron chi connectivity index (χ0n) is 20.2. The van der Waals surface area contributed by atoms with Crippen LogP contribution in [0.1, 0.15) is 36.3 Å². The monoisotopic (exact) mass is 543 g/mol. The molecule has 0 aliphatic rings. The summed E-state index contributed by atoms with van der Waals surface area (Å²) in [7, 11) is 0. The van der Waals surface area contributed by atoms with Crippen molar-refractivity contribution < 1.29 is 57.2 Å². The second-order valence-electron chi connectivity index (χ2n) is 6.25. The summed E-state index contributed by atoms with van der Waals surface area (Å²) in [5.74, 6) is -8.94. The van der Waals surface area contributed by atoms with Crippen LogP contribution in [0.2, 0.25) is 0 Å². The molecule has 1 aromatic rings. The number of ether oxygens (including phenoxy) is 6. The predicted octanol–water partition coefficient (Wildman–Crippen LogP) is 1.24. The van der Waals surface area contributed by atoms with Crippen molar-refractivity contribution in [2.45, 2.75) is 18.9 Å². The van der Waals surface area contributed by atoms with E-state index in [2.05, 4.69) is 54.4 Å². The van der Waals surface area contributed by atoms with E-state index >= 15 is 0 Å². The Hall–Kier alpha value is -5.73. The predicted molar refractivity (Wildman–Crippen MR) is 126 cm³/mol. The first kappa shape index (κ1) is 31.3. The van der Waals surface area contributed by atoms with E-state index in [0.29, 0.717) is 36.5 Å². The minimum Gasteiger partial charge on any atom is -0.414 e. The molecule has 0 fully saturated rings. The first-order valence-corrected chi connectivity index (χ1v) is 10.3. The van der Waals surface area contributed by atoms with Crippen molar-refractivity contribution in [2.75, 3.05) is 0 Å². The quantitative estimate of drug-likeness (QED) is 0.132. The molecule has 15 heteroatoms. The third-order valence-electron chi connectivity index (χ3n) is 3.66. The van der Waals surface area contributed by atoms with E-state index in [1.54, 1.807) is 0 Å². The van der Waals surface area contributed by atoms with Crippen LogP contribution in [0, 0.1) is 0 Å². The van der Waals surface area contributed by atoms with Gasteiger partial charge in [-0.05, 0) is 0 Å². The van der Waals surface area contributed by atoms with Crippen LogP contribution in [0.4, 0.5) is 0 Å². The molecule has 0 aromatic carbocycles. The highest BCUT2D eigenvalue weighted by Gasteiger charge is 2.33. The Kier molecular flexibility index (Phi) is 12.4. The van der Waals surface area contributed by atoms with Crippen molar-refractivity contribution in [1.29, 1.82) is 0 Å². The smallest absolute Gasteiger partial charge is 0.333 e. The summed E-state index contributed by atoms with van der Waals surface area (Å²) in [6, 6.07) is 0. The molecule has 15 nitrogen and oxygen atoms in total. The summed E-state index contributed by atoms with van der Waals surface area (Å²) in [4.78, 5) is 83.0. The van der Waals surface area contributed by atoms with Gasteiger partial charge in [0.25, 0.3) is 0 Å². The van der Waals surface area contributed by atoms with Crippen LogP contribution >= 0.6 is 0 Å². The second-order valence-corrected chi connectivity index (χ2v) is 6.25. The van der Waals surface area contributed by atoms with Crippen molar-refractivity contribution in [3.05, 3.63) is 93.4 Å². The van der Waals surface area contributed by atoms with E-state index in [4.69, 9.17) is 28.4 Å². The Labute approximate surface area is 220 Å². The molecule has 0 radical (unpaired) electrons. The second kappa shape index (κ2) is 15.4. The third kappa shape index (κ3) is 10.0. The number of carbonyl (C=O) groups excluding carboxylic acids is 6. The number of hydrogen-bond acceptors (Lipinski definition) is 15.